The molecule has 2 N–H and O–H groups in total. The third kappa shape index (κ3) is 3.72. The first kappa shape index (κ1) is 20.5. The average Bonchev–Trinajstić information content (AvgIpc) is 3.37. The molecule has 1 saturated carbocycles. The van der Waals surface area contributed by atoms with Gasteiger partial charge in [0.15, 0.2) is 0 Å². The minimum Gasteiger partial charge on any atom is -0.396 e. The van der Waals surface area contributed by atoms with E-state index in [0.717, 1.165) is 17.8 Å². The van der Waals surface area contributed by atoms with Gasteiger partial charge in [-0.1, -0.05) is 49.2 Å². The van der Waals surface area contributed by atoms with E-state index >= 15 is 0 Å². The van der Waals surface area contributed by atoms with Crippen molar-refractivity contribution >= 4 is 5.91 Å². The number of hydrogen-bond acceptors (Lipinski definition) is 4. The number of nitrogens with zero attached hydrogens (tertiary/aromatic N) is 2. The quantitative estimate of drug-likeness (QED) is 0.751. The summed E-state index contributed by atoms with van der Waals surface area (Å²) in [4.78, 5) is 28.5. The number of nitrogens with one attached hydrogen (secondary N) is 1. The van der Waals surface area contributed by atoms with Crippen molar-refractivity contribution in [2.75, 3.05) is 13.2 Å². The lowest BCUT2D eigenvalue weighted by Crippen LogP contribution is -2.47. The van der Waals surface area contributed by atoms with Crippen LogP contribution < -0.4 is 10.9 Å². The lowest BCUT2D eigenvalue weighted by Gasteiger charge is -2.39. The van der Waals surface area contributed by atoms with Crippen molar-refractivity contribution in [2.24, 2.45) is 17.8 Å². The van der Waals surface area contributed by atoms with Gasteiger partial charge in [-0.15, -0.1) is 0 Å². The highest BCUT2D eigenvalue weighted by Crippen LogP contribution is 2.49. The molecule has 2 fully saturated rings. The van der Waals surface area contributed by atoms with E-state index < -0.39 is 0 Å². The topological polar surface area (TPSA) is 74.6 Å². The van der Waals surface area contributed by atoms with E-state index in [1.807, 2.05) is 41.0 Å². The summed E-state index contributed by atoms with van der Waals surface area (Å²) in [5, 5.41) is 13.5. The minimum absolute atomic E-state index is 0.00988. The number of amides is 1. The number of fused-ring (bicyclic) bond motifs is 4. The lowest BCUT2D eigenvalue weighted by atomic mass is 9.86. The van der Waals surface area contributed by atoms with Crippen molar-refractivity contribution in [1.82, 2.24) is 14.8 Å². The largest absolute Gasteiger partial charge is 0.396 e. The highest BCUT2D eigenvalue weighted by Gasteiger charge is 2.55. The van der Waals surface area contributed by atoms with Crippen molar-refractivity contribution in [1.29, 1.82) is 0 Å². The number of aliphatic hydroxyl groups is 1. The van der Waals surface area contributed by atoms with E-state index in [0.29, 0.717) is 19.0 Å². The minimum atomic E-state index is -0.365. The first-order chi connectivity index (χ1) is 15.2. The highest BCUT2D eigenvalue weighted by atomic mass is 16.3. The number of benzene rings is 1. The molecule has 4 atom stereocenters. The summed E-state index contributed by atoms with van der Waals surface area (Å²) in [5.41, 5.74) is 1.95. The van der Waals surface area contributed by atoms with Crippen LogP contribution in [0.3, 0.4) is 0 Å². The molecular weight excluding hydrogens is 390 g/mol. The summed E-state index contributed by atoms with van der Waals surface area (Å²) in [6.45, 7) is 1.91. The summed E-state index contributed by atoms with van der Waals surface area (Å²) in [6, 6.07) is 15.1. The van der Waals surface area contributed by atoms with Crippen LogP contribution in [0.5, 0.6) is 0 Å². The summed E-state index contributed by atoms with van der Waals surface area (Å²) < 4.78 is 1.83. The molecule has 0 spiro atoms. The van der Waals surface area contributed by atoms with E-state index in [1.165, 1.54) is 25.7 Å². The van der Waals surface area contributed by atoms with Crippen LogP contribution in [0.25, 0.3) is 0 Å². The summed E-state index contributed by atoms with van der Waals surface area (Å²) in [6.07, 6.45) is 5.00. The second-order valence-electron chi connectivity index (χ2n) is 9.33. The normalized spacial score (nSPS) is 27.9. The average molecular weight is 422 g/mol. The van der Waals surface area contributed by atoms with Gasteiger partial charge in [-0.2, -0.15) is 0 Å². The van der Waals surface area contributed by atoms with Crippen LogP contribution in [0.1, 0.15) is 43.0 Å². The Morgan fingerprint density at radius 3 is 2.58 bits per heavy atom. The predicted octanol–water partition coefficient (Wildman–Crippen LogP) is 2.32. The van der Waals surface area contributed by atoms with Gasteiger partial charge in [0.25, 0.3) is 5.56 Å². The number of carbonyl (C=O) groups is 1. The highest BCUT2D eigenvalue weighted by molar-refractivity contribution is 5.80. The fourth-order valence-electron chi connectivity index (χ4n) is 6.12. The molecule has 1 aromatic heterocycles. The van der Waals surface area contributed by atoms with E-state index in [4.69, 9.17) is 0 Å². The smallest absolute Gasteiger partial charge is 0.250 e. The van der Waals surface area contributed by atoms with Crippen LogP contribution in [0, 0.1) is 17.8 Å². The van der Waals surface area contributed by atoms with Crippen molar-refractivity contribution in [3.63, 3.8) is 0 Å². The van der Waals surface area contributed by atoms with Crippen LogP contribution in [-0.2, 0) is 17.9 Å². The van der Waals surface area contributed by atoms with E-state index in [1.54, 1.807) is 12.1 Å². The van der Waals surface area contributed by atoms with Crippen molar-refractivity contribution in [3.8, 4) is 0 Å². The van der Waals surface area contributed by atoms with Crippen molar-refractivity contribution < 1.29 is 9.90 Å². The fraction of sp³-hybridized carbons (Fsp3) is 0.520. The molecule has 5 rings (SSSR count). The Kier molecular flexibility index (Phi) is 5.67. The van der Waals surface area contributed by atoms with Gasteiger partial charge in [0.1, 0.15) is 0 Å². The van der Waals surface area contributed by atoms with Crippen LogP contribution in [0.2, 0.25) is 0 Å². The maximum absolute atomic E-state index is 13.5. The van der Waals surface area contributed by atoms with Crippen LogP contribution in [-0.4, -0.2) is 39.7 Å². The Labute approximate surface area is 182 Å². The molecule has 0 unspecified atom stereocenters. The zero-order valence-corrected chi connectivity index (χ0v) is 17.8. The molecule has 1 saturated heterocycles. The second-order valence-corrected chi connectivity index (χ2v) is 9.33. The Bertz CT molecular complexity index is 983. The van der Waals surface area contributed by atoms with Crippen molar-refractivity contribution in [3.05, 3.63) is 70.1 Å². The van der Waals surface area contributed by atoms with Crippen LogP contribution in [0.4, 0.5) is 0 Å². The second kappa shape index (κ2) is 8.60. The molecule has 1 aliphatic carbocycles. The maximum atomic E-state index is 13.5. The van der Waals surface area contributed by atoms with Crippen LogP contribution >= 0.6 is 0 Å². The lowest BCUT2D eigenvalue weighted by molar-refractivity contribution is -0.127. The SMILES string of the molecule is O=C(NCc1ccccc1)[C@H]1[C@H](CO)[C@H]2Cn3c(cccc3=O)[C@@H]1N2CC1CCCC1. The molecule has 2 aromatic rings. The molecule has 1 amide bonds. The van der Waals surface area contributed by atoms with Crippen LogP contribution in [0.15, 0.2) is 53.3 Å². The number of pyridine rings is 1. The molecular formula is C25H31N3O3. The molecule has 2 bridgehead atoms. The first-order valence-corrected chi connectivity index (χ1v) is 11.6. The van der Waals surface area contributed by atoms with E-state index in [-0.39, 0.29) is 42.0 Å². The molecule has 3 heterocycles. The summed E-state index contributed by atoms with van der Waals surface area (Å²) in [5.74, 6) is 0.0613. The number of hydrogen-bond donors (Lipinski definition) is 2. The number of aliphatic hydroxyl groups excluding tert-OH is 1. The van der Waals surface area contributed by atoms with Gasteiger partial charge in [-0.3, -0.25) is 14.5 Å². The Balaban J connectivity index is 1.47. The van der Waals surface area contributed by atoms with Gasteiger partial charge in [-0.25, -0.2) is 0 Å². The van der Waals surface area contributed by atoms with Crippen molar-refractivity contribution in [2.45, 2.75) is 50.9 Å². The third-order valence-corrected chi connectivity index (χ3v) is 7.60. The zero-order valence-electron chi connectivity index (χ0n) is 17.8. The first-order valence-electron chi connectivity index (χ1n) is 11.6. The molecule has 6 heteroatoms. The molecule has 3 aliphatic rings. The molecule has 6 nitrogen and oxygen atoms in total. The summed E-state index contributed by atoms with van der Waals surface area (Å²) >= 11 is 0. The Morgan fingerprint density at radius 2 is 1.84 bits per heavy atom. The molecule has 0 radical (unpaired) electrons. The molecule has 1 aromatic carbocycles. The summed E-state index contributed by atoms with van der Waals surface area (Å²) in [7, 11) is 0. The molecule has 31 heavy (non-hydrogen) atoms. The van der Waals surface area contributed by atoms with Gasteiger partial charge in [0, 0.05) is 50.0 Å². The van der Waals surface area contributed by atoms with Gasteiger partial charge in [0.05, 0.1) is 12.0 Å². The molecule has 2 aliphatic heterocycles. The van der Waals surface area contributed by atoms with Gasteiger partial charge in [0.2, 0.25) is 5.91 Å². The van der Waals surface area contributed by atoms with E-state index in [2.05, 4.69) is 10.2 Å². The van der Waals surface area contributed by atoms with Gasteiger partial charge >= 0.3 is 0 Å². The van der Waals surface area contributed by atoms with Gasteiger partial charge in [-0.05, 0) is 30.4 Å². The van der Waals surface area contributed by atoms with E-state index in [9.17, 15) is 14.7 Å². The standard InChI is InChI=1S/C25H31N3O3/c29-16-19-21-15-27-20(11-6-12-22(27)30)24(28(21)14-18-9-4-5-10-18)23(19)25(31)26-13-17-7-2-1-3-8-17/h1-3,6-8,11-12,18-19,21,23-24,29H,4-5,9-10,13-16H2,(H,26,31)/t19-,21-,23+,24+/m1/s1. The zero-order chi connectivity index (χ0) is 21.4. The number of aromatic nitrogens is 1. The van der Waals surface area contributed by atoms with Gasteiger partial charge < -0.3 is 15.0 Å². The number of rotatable bonds is 6. The maximum Gasteiger partial charge on any atom is 0.250 e. The predicted molar refractivity (Wildman–Crippen MR) is 118 cm³/mol. The fourth-order valence-corrected chi connectivity index (χ4v) is 6.12. The monoisotopic (exact) mass is 421 g/mol. The number of carbonyl (C=O) groups excluding carboxylic acids is 1. The Morgan fingerprint density at radius 1 is 1.06 bits per heavy atom. The Hall–Kier alpha value is -2.44. The third-order valence-electron chi connectivity index (χ3n) is 7.60. The molecule has 164 valence electrons.